The number of halogens is 3. The summed E-state index contributed by atoms with van der Waals surface area (Å²) in [6, 6.07) is 8.72. The van der Waals surface area contributed by atoms with Crippen LogP contribution in [0.3, 0.4) is 0 Å². The fraction of sp³-hybridized carbons (Fsp3) is 0. The van der Waals surface area contributed by atoms with E-state index in [4.69, 9.17) is 11.6 Å². The molecule has 0 amide bonds. The largest absolute Gasteiger partial charge is 0.338 e. The molecule has 0 saturated carbocycles. The third-order valence-electron chi connectivity index (χ3n) is 2.64. The zero-order valence-electron chi connectivity index (χ0n) is 9.05. The Labute approximate surface area is 106 Å². The first-order chi connectivity index (χ1) is 8.65. The number of rotatable bonds is 1. The minimum absolute atomic E-state index is 0.155. The van der Waals surface area contributed by atoms with Crippen molar-refractivity contribution in [3.05, 3.63) is 53.1 Å². The molecule has 0 radical (unpaired) electrons. The van der Waals surface area contributed by atoms with Crippen LogP contribution in [0.1, 0.15) is 0 Å². The molecule has 1 aromatic heterocycles. The number of hydrogen-bond donors (Lipinski definition) is 1. The van der Waals surface area contributed by atoms with Gasteiger partial charge >= 0.3 is 0 Å². The summed E-state index contributed by atoms with van der Waals surface area (Å²) in [6.45, 7) is 0. The average Bonchev–Trinajstić information content (AvgIpc) is 2.71. The zero-order valence-corrected chi connectivity index (χ0v) is 9.80. The monoisotopic (exact) mass is 264 g/mol. The van der Waals surface area contributed by atoms with Gasteiger partial charge in [-0.15, -0.1) is 0 Å². The van der Waals surface area contributed by atoms with Crippen molar-refractivity contribution in [2.75, 3.05) is 0 Å². The summed E-state index contributed by atoms with van der Waals surface area (Å²) in [6.07, 6.45) is 0. The highest BCUT2D eigenvalue weighted by molar-refractivity contribution is 6.31. The highest BCUT2D eigenvalue weighted by Crippen LogP contribution is 2.26. The Hall–Kier alpha value is -1.94. The number of hydrogen-bond acceptors (Lipinski definition) is 1. The second-order valence-electron chi connectivity index (χ2n) is 3.84. The van der Waals surface area contributed by atoms with Crippen LogP contribution in [0.15, 0.2) is 36.4 Å². The number of imidazole rings is 1. The van der Waals surface area contributed by atoms with Gasteiger partial charge < -0.3 is 4.98 Å². The topological polar surface area (TPSA) is 28.7 Å². The standard InChI is InChI=1S/C13H7ClF2N2/c14-7-4-5-10-11(6-7)18-13(17-10)12-8(15)2-1-3-9(12)16/h1-6H,(H,17,18). The summed E-state index contributed by atoms with van der Waals surface area (Å²) in [4.78, 5) is 7.01. The predicted molar refractivity (Wildman–Crippen MR) is 66.5 cm³/mol. The molecule has 0 aliphatic carbocycles. The van der Waals surface area contributed by atoms with Gasteiger partial charge in [0, 0.05) is 5.02 Å². The fourth-order valence-corrected chi connectivity index (χ4v) is 2.00. The smallest absolute Gasteiger partial charge is 0.144 e. The Morgan fingerprint density at radius 3 is 2.50 bits per heavy atom. The number of aromatic nitrogens is 2. The van der Waals surface area contributed by atoms with Crippen LogP contribution in [-0.2, 0) is 0 Å². The van der Waals surface area contributed by atoms with Gasteiger partial charge in [0.15, 0.2) is 0 Å². The van der Waals surface area contributed by atoms with Crippen molar-refractivity contribution in [1.29, 1.82) is 0 Å². The van der Waals surface area contributed by atoms with Gasteiger partial charge in [-0.1, -0.05) is 17.7 Å². The van der Waals surface area contributed by atoms with Crippen molar-refractivity contribution in [3.63, 3.8) is 0 Å². The van der Waals surface area contributed by atoms with E-state index in [9.17, 15) is 8.78 Å². The summed E-state index contributed by atoms with van der Waals surface area (Å²) >= 11 is 5.84. The third kappa shape index (κ3) is 1.75. The summed E-state index contributed by atoms with van der Waals surface area (Å²) in [5, 5.41) is 0.534. The van der Waals surface area contributed by atoms with E-state index in [1.807, 2.05) is 0 Å². The van der Waals surface area contributed by atoms with Crippen LogP contribution in [0.4, 0.5) is 8.78 Å². The minimum Gasteiger partial charge on any atom is -0.338 e. The number of nitrogens with one attached hydrogen (secondary N) is 1. The first-order valence-corrected chi connectivity index (χ1v) is 5.62. The van der Waals surface area contributed by atoms with Gasteiger partial charge in [-0.3, -0.25) is 0 Å². The van der Waals surface area contributed by atoms with Crippen LogP contribution >= 0.6 is 11.6 Å². The van der Waals surface area contributed by atoms with Crippen LogP contribution in [0.2, 0.25) is 5.02 Å². The Balaban J connectivity index is 2.26. The molecule has 1 heterocycles. The van der Waals surface area contributed by atoms with Crippen molar-refractivity contribution < 1.29 is 8.78 Å². The van der Waals surface area contributed by atoms with E-state index in [-0.39, 0.29) is 11.4 Å². The molecule has 2 aromatic carbocycles. The maximum absolute atomic E-state index is 13.6. The normalized spacial score (nSPS) is 11.1. The fourth-order valence-electron chi connectivity index (χ4n) is 1.82. The van der Waals surface area contributed by atoms with Gasteiger partial charge in [-0.2, -0.15) is 0 Å². The quantitative estimate of drug-likeness (QED) is 0.702. The van der Waals surface area contributed by atoms with Crippen LogP contribution in [0.25, 0.3) is 22.4 Å². The third-order valence-corrected chi connectivity index (χ3v) is 2.88. The molecule has 3 aromatic rings. The Morgan fingerprint density at radius 2 is 1.78 bits per heavy atom. The van der Waals surface area contributed by atoms with E-state index in [2.05, 4.69) is 9.97 Å². The first-order valence-electron chi connectivity index (χ1n) is 5.25. The zero-order chi connectivity index (χ0) is 12.7. The van der Waals surface area contributed by atoms with E-state index in [1.54, 1.807) is 18.2 Å². The molecule has 1 N–H and O–H groups in total. The summed E-state index contributed by atoms with van der Waals surface area (Å²) in [5.74, 6) is -1.15. The van der Waals surface area contributed by atoms with Gasteiger partial charge in [-0.25, -0.2) is 13.8 Å². The number of H-pyrrole nitrogens is 1. The average molecular weight is 265 g/mol. The van der Waals surface area contributed by atoms with Gasteiger partial charge in [-0.05, 0) is 30.3 Å². The molecule has 90 valence electrons. The molecule has 5 heteroatoms. The van der Waals surface area contributed by atoms with Crippen LogP contribution in [0.5, 0.6) is 0 Å². The number of aromatic amines is 1. The molecule has 3 rings (SSSR count). The van der Waals surface area contributed by atoms with Crippen molar-refractivity contribution in [1.82, 2.24) is 9.97 Å². The van der Waals surface area contributed by atoms with Crippen LogP contribution in [0, 0.1) is 11.6 Å². The summed E-state index contributed by atoms with van der Waals surface area (Å²) < 4.78 is 27.2. The summed E-state index contributed by atoms with van der Waals surface area (Å²) in [5.41, 5.74) is 1.09. The lowest BCUT2D eigenvalue weighted by Crippen LogP contribution is -1.90. The van der Waals surface area contributed by atoms with Crippen LogP contribution < -0.4 is 0 Å². The predicted octanol–water partition coefficient (Wildman–Crippen LogP) is 4.16. The van der Waals surface area contributed by atoms with E-state index in [0.717, 1.165) is 0 Å². The van der Waals surface area contributed by atoms with E-state index in [0.29, 0.717) is 16.1 Å². The van der Waals surface area contributed by atoms with E-state index >= 15 is 0 Å². The minimum atomic E-state index is -0.653. The number of fused-ring (bicyclic) bond motifs is 1. The molecule has 0 spiro atoms. The molecule has 0 saturated heterocycles. The lowest BCUT2D eigenvalue weighted by atomic mass is 10.2. The second kappa shape index (κ2) is 4.07. The first kappa shape index (κ1) is 11.2. The molecule has 0 aliphatic heterocycles. The molecule has 0 fully saturated rings. The number of nitrogens with zero attached hydrogens (tertiary/aromatic N) is 1. The highest BCUT2D eigenvalue weighted by atomic mass is 35.5. The SMILES string of the molecule is Fc1cccc(F)c1-c1nc2ccc(Cl)cc2[nH]1. The van der Waals surface area contributed by atoms with Crippen molar-refractivity contribution in [2.45, 2.75) is 0 Å². The Kier molecular flexibility index (Phi) is 2.52. The molecular weight excluding hydrogens is 258 g/mol. The molecular formula is C13H7ClF2N2. The van der Waals surface area contributed by atoms with Crippen molar-refractivity contribution >= 4 is 22.6 Å². The Morgan fingerprint density at radius 1 is 1.06 bits per heavy atom. The molecule has 0 aliphatic rings. The van der Waals surface area contributed by atoms with Crippen molar-refractivity contribution in [3.8, 4) is 11.4 Å². The molecule has 0 bridgehead atoms. The second-order valence-corrected chi connectivity index (χ2v) is 4.28. The highest BCUT2D eigenvalue weighted by Gasteiger charge is 2.14. The molecule has 0 unspecified atom stereocenters. The maximum atomic E-state index is 13.6. The maximum Gasteiger partial charge on any atom is 0.144 e. The lowest BCUT2D eigenvalue weighted by molar-refractivity contribution is 0.588. The van der Waals surface area contributed by atoms with Crippen molar-refractivity contribution in [2.24, 2.45) is 0 Å². The van der Waals surface area contributed by atoms with Crippen LogP contribution in [-0.4, -0.2) is 9.97 Å². The molecule has 2 nitrogen and oxygen atoms in total. The van der Waals surface area contributed by atoms with E-state index in [1.165, 1.54) is 18.2 Å². The van der Waals surface area contributed by atoms with Gasteiger partial charge in [0.25, 0.3) is 0 Å². The van der Waals surface area contributed by atoms with E-state index < -0.39 is 11.6 Å². The van der Waals surface area contributed by atoms with Gasteiger partial charge in [0.1, 0.15) is 17.5 Å². The van der Waals surface area contributed by atoms with Gasteiger partial charge in [0.05, 0.1) is 16.6 Å². The molecule has 0 atom stereocenters. The lowest BCUT2D eigenvalue weighted by Gasteiger charge is -2.00. The summed E-state index contributed by atoms with van der Waals surface area (Å²) in [7, 11) is 0. The Bertz CT molecular complexity index is 717. The molecule has 18 heavy (non-hydrogen) atoms. The van der Waals surface area contributed by atoms with Gasteiger partial charge in [0.2, 0.25) is 0 Å². The number of benzene rings is 2.